The van der Waals surface area contributed by atoms with Crippen molar-refractivity contribution in [3.63, 3.8) is 0 Å². The molecule has 1 heterocycles. The molecule has 0 spiro atoms. The molecule has 0 unspecified atom stereocenters. The summed E-state index contributed by atoms with van der Waals surface area (Å²) in [5.74, 6) is 1.02. The van der Waals surface area contributed by atoms with Gasteiger partial charge in [-0.2, -0.15) is 9.98 Å². The second-order valence-electron chi connectivity index (χ2n) is 6.29. The minimum absolute atomic E-state index is 0.0793. The Morgan fingerprint density at radius 2 is 1.93 bits per heavy atom. The van der Waals surface area contributed by atoms with Crippen LogP contribution >= 0.6 is 11.8 Å². The van der Waals surface area contributed by atoms with Crippen LogP contribution in [0.3, 0.4) is 0 Å². The van der Waals surface area contributed by atoms with Crippen molar-refractivity contribution in [2.45, 2.75) is 20.3 Å². The van der Waals surface area contributed by atoms with Gasteiger partial charge in [0.1, 0.15) is 16.5 Å². The highest BCUT2D eigenvalue weighted by Gasteiger charge is 2.16. The lowest BCUT2D eigenvalue weighted by atomic mass is 10.0. The van der Waals surface area contributed by atoms with E-state index >= 15 is 0 Å². The Morgan fingerprint density at radius 3 is 2.50 bits per heavy atom. The number of aromatic hydroxyl groups is 1. The number of carboxylic acid groups (broad SMARTS) is 1. The lowest BCUT2D eigenvalue weighted by molar-refractivity contribution is 0.206. The first-order chi connectivity index (χ1) is 14.4. The number of nitrogens with zero attached hydrogens (tertiary/aromatic N) is 4. The molecule has 9 heteroatoms. The lowest BCUT2D eigenvalue weighted by Crippen LogP contribution is -2.14. The lowest BCUT2D eigenvalue weighted by Gasteiger charge is -2.10. The summed E-state index contributed by atoms with van der Waals surface area (Å²) in [6.45, 7) is 3.68. The van der Waals surface area contributed by atoms with E-state index in [2.05, 4.69) is 20.1 Å². The molecule has 0 atom stereocenters. The molecule has 8 nitrogen and oxygen atoms in total. The Bertz CT molecular complexity index is 1120. The Hall–Kier alpha value is -3.46. The molecule has 30 heavy (non-hydrogen) atoms. The molecule has 0 saturated heterocycles. The van der Waals surface area contributed by atoms with E-state index in [4.69, 9.17) is 9.63 Å². The average Bonchev–Trinajstić information content (AvgIpc) is 3.16. The second kappa shape index (κ2) is 9.36. The zero-order chi connectivity index (χ0) is 21.7. The fourth-order valence-corrected chi connectivity index (χ4v) is 3.29. The Morgan fingerprint density at radius 1 is 1.20 bits per heavy atom. The molecule has 1 aromatic heterocycles. The van der Waals surface area contributed by atoms with Crippen molar-refractivity contribution in [3.8, 4) is 17.1 Å². The fourth-order valence-electron chi connectivity index (χ4n) is 2.76. The van der Waals surface area contributed by atoms with Crippen LogP contribution in [0.5, 0.6) is 5.75 Å². The fraction of sp³-hybridized carbons (Fsp3) is 0.190. The summed E-state index contributed by atoms with van der Waals surface area (Å²) in [5, 5.41) is 23.4. The number of aromatic nitrogens is 2. The van der Waals surface area contributed by atoms with Crippen LogP contribution in [-0.2, 0) is 6.42 Å². The number of carbonyl (C=O) groups is 1. The van der Waals surface area contributed by atoms with Crippen molar-refractivity contribution in [2.75, 3.05) is 6.26 Å². The molecule has 3 rings (SSSR count). The van der Waals surface area contributed by atoms with Gasteiger partial charge in [0.2, 0.25) is 11.7 Å². The molecule has 0 saturated carbocycles. The normalized spacial score (nSPS) is 12.2. The third-order valence-corrected chi connectivity index (χ3v) is 4.82. The molecule has 0 aliphatic heterocycles. The number of hydrogen-bond donors (Lipinski definition) is 2. The molecular formula is C21H20N4O4S. The minimum atomic E-state index is -1.31. The van der Waals surface area contributed by atoms with Gasteiger partial charge < -0.3 is 14.7 Å². The number of phenols is 1. The van der Waals surface area contributed by atoms with E-state index in [0.29, 0.717) is 35.1 Å². The number of hydrogen-bond acceptors (Lipinski definition) is 7. The van der Waals surface area contributed by atoms with Crippen LogP contribution in [0, 0.1) is 6.92 Å². The predicted molar refractivity (Wildman–Crippen MR) is 117 cm³/mol. The largest absolute Gasteiger partial charge is 0.508 e. The molecule has 0 aliphatic rings. The summed E-state index contributed by atoms with van der Waals surface area (Å²) in [6, 6.07) is 12.2. The zero-order valence-corrected chi connectivity index (χ0v) is 17.5. The Labute approximate surface area is 177 Å². The van der Waals surface area contributed by atoms with Gasteiger partial charge in [-0.25, -0.2) is 9.79 Å². The number of amides is 1. The van der Waals surface area contributed by atoms with Crippen LogP contribution in [0.25, 0.3) is 11.4 Å². The smallest absolute Gasteiger partial charge is 0.432 e. The van der Waals surface area contributed by atoms with Gasteiger partial charge in [0, 0.05) is 18.1 Å². The van der Waals surface area contributed by atoms with Gasteiger partial charge in [0.15, 0.2) is 0 Å². The molecule has 2 aromatic carbocycles. The van der Waals surface area contributed by atoms with Crippen molar-refractivity contribution in [2.24, 2.45) is 9.98 Å². The topological polar surface area (TPSA) is 121 Å². The average molecular weight is 424 g/mol. The zero-order valence-electron chi connectivity index (χ0n) is 16.7. The number of benzene rings is 2. The predicted octanol–water partition coefficient (Wildman–Crippen LogP) is 4.87. The van der Waals surface area contributed by atoms with E-state index in [1.54, 1.807) is 49.6 Å². The minimum Gasteiger partial charge on any atom is -0.508 e. The highest BCUT2D eigenvalue weighted by atomic mass is 32.2. The van der Waals surface area contributed by atoms with Crippen LogP contribution < -0.4 is 0 Å². The van der Waals surface area contributed by atoms with Gasteiger partial charge in [0.25, 0.3) is 0 Å². The molecule has 0 aliphatic carbocycles. The number of aryl methyl sites for hydroxylation is 2. The van der Waals surface area contributed by atoms with Crippen molar-refractivity contribution >= 4 is 34.3 Å². The summed E-state index contributed by atoms with van der Waals surface area (Å²) in [4.78, 5) is 23.7. The highest BCUT2D eigenvalue weighted by molar-refractivity contribution is 8.15. The first-order valence-corrected chi connectivity index (χ1v) is 10.3. The maximum atomic E-state index is 11.2. The van der Waals surface area contributed by atoms with Crippen molar-refractivity contribution in [1.82, 2.24) is 10.1 Å². The van der Waals surface area contributed by atoms with Crippen LogP contribution in [0.4, 0.5) is 10.5 Å². The quantitative estimate of drug-likeness (QED) is 0.442. The first-order valence-electron chi connectivity index (χ1n) is 9.08. The van der Waals surface area contributed by atoms with Gasteiger partial charge in [-0.1, -0.05) is 12.1 Å². The summed E-state index contributed by atoms with van der Waals surface area (Å²) in [5.41, 5.74) is 3.19. The van der Waals surface area contributed by atoms with E-state index in [1.165, 1.54) is 11.8 Å². The number of rotatable bonds is 5. The van der Waals surface area contributed by atoms with E-state index in [9.17, 15) is 9.90 Å². The maximum Gasteiger partial charge on any atom is 0.432 e. The summed E-state index contributed by atoms with van der Waals surface area (Å²) < 4.78 is 5.00. The third-order valence-electron chi connectivity index (χ3n) is 4.15. The second-order valence-corrected chi connectivity index (χ2v) is 7.08. The summed E-state index contributed by atoms with van der Waals surface area (Å²) in [6.07, 6.45) is 1.12. The summed E-state index contributed by atoms with van der Waals surface area (Å²) in [7, 11) is 0. The van der Waals surface area contributed by atoms with Gasteiger partial charge in [-0.05, 0) is 60.7 Å². The van der Waals surface area contributed by atoms with Gasteiger partial charge in [-0.15, -0.1) is 11.8 Å². The van der Waals surface area contributed by atoms with Crippen LogP contribution in [-0.4, -0.2) is 43.5 Å². The van der Waals surface area contributed by atoms with E-state index < -0.39 is 6.09 Å². The number of phenolic OH excluding ortho intramolecular Hbond substituents is 1. The molecular weight excluding hydrogens is 404 g/mol. The summed E-state index contributed by atoms with van der Waals surface area (Å²) >= 11 is 1.17. The SMILES string of the molecule is CCc1cc(O)cc(C(=Nc2ccc(-c3noc(C)n3)cc2)C(=NC(=O)O)SC)c1. The molecule has 1 amide bonds. The van der Waals surface area contributed by atoms with E-state index in [-0.39, 0.29) is 10.8 Å². The van der Waals surface area contributed by atoms with Crippen molar-refractivity contribution in [3.05, 3.63) is 59.5 Å². The number of thioether (sulfide) groups is 1. The Balaban J connectivity index is 2.08. The first kappa shape index (κ1) is 21.3. The maximum absolute atomic E-state index is 11.2. The molecule has 0 fully saturated rings. The van der Waals surface area contributed by atoms with Crippen molar-refractivity contribution in [1.29, 1.82) is 0 Å². The molecule has 0 radical (unpaired) electrons. The number of aliphatic imine (C=N–C) groups is 2. The molecule has 154 valence electrons. The molecule has 0 bridgehead atoms. The van der Waals surface area contributed by atoms with Crippen LogP contribution in [0.1, 0.15) is 23.9 Å². The van der Waals surface area contributed by atoms with Gasteiger partial charge in [0.05, 0.1) is 5.69 Å². The third kappa shape index (κ3) is 5.12. The monoisotopic (exact) mass is 424 g/mol. The van der Waals surface area contributed by atoms with Gasteiger partial charge >= 0.3 is 6.09 Å². The van der Waals surface area contributed by atoms with Crippen molar-refractivity contribution < 1.29 is 19.5 Å². The Kier molecular flexibility index (Phi) is 6.63. The van der Waals surface area contributed by atoms with Crippen LogP contribution in [0.2, 0.25) is 0 Å². The highest BCUT2D eigenvalue weighted by Crippen LogP contribution is 2.24. The van der Waals surface area contributed by atoms with Gasteiger partial charge in [-0.3, -0.25) is 0 Å². The standard InChI is InChI=1S/C21H20N4O4S/c1-4-13-9-15(11-17(26)10-13)18(20(30-3)24-21(27)28)23-16-7-5-14(6-8-16)19-22-12(2)29-25-19/h5-11,26H,4H2,1-3H3,(H,27,28). The molecule has 2 N–H and O–H groups in total. The van der Waals surface area contributed by atoms with E-state index in [1.807, 2.05) is 13.0 Å². The van der Waals surface area contributed by atoms with Crippen LogP contribution in [0.15, 0.2) is 57.0 Å². The molecule has 3 aromatic rings. The van der Waals surface area contributed by atoms with E-state index in [0.717, 1.165) is 11.1 Å².